The number of H-pyrrole nitrogens is 4. The first-order chi connectivity index (χ1) is 55.1. The zero-order chi connectivity index (χ0) is 86.3. The molecule has 4 aromatic carbocycles. The highest BCUT2D eigenvalue weighted by atomic mass is 32.2. The summed E-state index contributed by atoms with van der Waals surface area (Å²) in [6, 6.07) is 28.0. The van der Waals surface area contributed by atoms with Crippen molar-refractivity contribution in [2.24, 2.45) is 0 Å². The molecule has 119 heavy (non-hydrogen) atoms. The molecule has 8 atom stereocenters. The number of benzene rings is 4. The number of ether oxygens (including phenoxy) is 5. The van der Waals surface area contributed by atoms with E-state index in [-0.39, 0.29) is 58.0 Å². The van der Waals surface area contributed by atoms with Crippen molar-refractivity contribution in [3.8, 4) is 28.7 Å². The molecule has 0 bridgehead atoms. The monoisotopic (exact) mass is 1880 g/mol. The van der Waals surface area contributed by atoms with Crippen LogP contribution < -0.4 is 29.0 Å². The van der Waals surface area contributed by atoms with Crippen LogP contribution in [-0.4, -0.2) is 199 Å². The highest BCUT2D eigenvalue weighted by Crippen LogP contribution is 2.57. The van der Waals surface area contributed by atoms with E-state index in [1.54, 1.807) is 143 Å². The lowest BCUT2D eigenvalue weighted by atomic mass is 10.1. The van der Waals surface area contributed by atoms with Crippen LogP contribution in [0.2, 0.25) is 0 Å². The molecule has 0 aliphatic carbocycles. The minimum atomic E-state index is -4.68. The summed E-state index contributed by atoms with van der Waals surface area (Å²) in [6.45, 7) is 3.34. The molecule has 17 N–H and O–H groups in total. The second kappa shape index (κ2) is 41.3. The zero-order valence-corrected chi connectivity index (χ0v) is 72.4. The predicted molar refractivity (Wildman–Crippen MR) is 443 cm³/mol. The summed E-state index contributed by atoms with van der Waals surface area (Å²) in [5, 5.41) is 3.85. The lowest BCUT2D eigenvalue weighted by molar-refractivity contribution is 0.341. The third kappa shape index (κ3) is 31.2. The van der Waals surface area contributed by atoms with Crippen LogP contribution in [0.1, 0.15) is 40.9 Å². The van der Waals surface area contributed by atoms with Crippen molar-refractivity contribution in [2.45, 2.75) is 64.9 Å². The van der Waals surface area contributed by atoms with Crippen molar-refractivity contribution in [2.75, 3.05) is 68.5 Å². The van der Waals surface area contributed by atoms with Gasteiger partial charge in [-0.2, -0.15) is 0 Å². The summed E-state index contributed by atoms with van der Waals surface area (Å²) in [7, 11) is -38.3. The molecule has 54 heteroatoms. The number of imidazole rings is 4. The van der Waals surface area contributed by atoms with E-state index in [9.17, 15) is 72.9 Å². The lowest BCUT2D eigenvalue weighted by Crippen LogP contribution is -2.08. The smallest absolute Gasteiger partial charge is 0.335 e. The SMILES string of the molecule is C.COc1cc(CS(=O)c2nc3ccncc3[nH]2)cc(OCP(=O)(O)CP(=O)(O)O)c1.COc1ccc2nc(S(=O)Cc3ncc(C)c(OCP(=O)(O)CP(=O)(O)O)c3C)[nH]c2c1.O=S(Cc1cccc(NCP(=O)(O)CP(=O)(O)O)c1)c1nc2ccncc2[nH]1.O=S(Cc1cccc(OCP(=O)(O)CP(=O)(O)O)c1)c1nc2ccncc2[nH]1. The van der Waals surface area contributed by atoms with Gasteiger partial charge in [-0.25, -0.2) is 19.9 Å². The second-order valence-electron chi connectivity index (χ2n) is 25.7. The fourth-order valence-corrected chi connectivity index (χ4v) is 26.7. The van der Waals surface area contributed by atoms with E-state index in [0.717, 1.165) is 0 Å². The van der Waals surface area contributed by atoms with Crippen molar-refractivity contribution in [1.82, 2.24) is 59.8 Å². The first kappa shape index (κ1) is 96.6. The van der Waals surface area contributed by atoms with Gasteiger partial charge in [-0.3, -0.25) is 73.3 Å². The van der Waals surface area contributed by atoms with Gasteiger partial charge in [-0.05, 0) is 97.3 Å². The number of nitrogens with one attached hydrogen (secondary N) is 5. The molecule has 0 aliphatic rings. The maximum absolute atomic E-state index is 12.9. The van der Waals surface area contributed by atoms with Crippen LogP contribution in [-0.2, 0) is 103 Å². The van der Waals surface area contributed by atoms with E-state index in [2.05, 4.69) is 65.1 Å². The van der Waals surface area contributed by atoms with Gasteiger partial charge in [0.1, 0.15) is 52.4 Å². The van der Waals surface area contributed by atoms with Gasteiger partial charge in [0.25, 0.3) is 0 Å². The van der Waals surface area contributed by atoms with Gasteiger partial charge >= 0.3 is 30.4 Å². The number of fused-ring (bicyclic) bond motifs is 4. The Morgan fingerprint density at radius 2 is 0.782 bits per heavy atom. The standard InChI is InChI=1S/C18H23N3O8P2S.C16H19N3O8P2S.C15H18N4O6P2S.C15H17N3O7P2S.CH4/c1-11-7-19-16(12(2)17(11)29-9-30(22,23)10-31(24,25)26)8-32(27)18-20-14-5-4-13(28-3)6-15(14)21-18;1-26-12-4-11(5-13(6-12)27-9-28(20,21)10-29(22,23)24)8-30(25)16-18-14-2-3-17-7-15(14)19-16;20-26(21,10-27(22,23)24)9-17-12-3-1-2-11(6-12)8-28(25)15-18-13-4-5-16-7-14(13)19-15;19-26(20,10-27(21,22)23)9-25-12-3-1-2-11(6-12)8-28(24)15-17-13-4-5-16-7-14(13)18-15;/h4-7H,8-10H2,1-3H3,(H,20,21)(H,22,23)(H2,24,25,26);2-7H,8-10H2,1H3,(H,18,19)(H,20,21)(H2,22,23,24);1-7,17H,8-10H2,(H,18,19)(H,20,21)(H2,22,23,24);1-7H,8-10H2,(H,17,18)(H,19,20)(H2,21,22,23);1H4. The van der Waals surface area contributed by atoms with Crippen LogP contribution in [0.3, 0.4) is 0 Å². The van der Waals surface area contributed by atoms with Crippen molar-refractivity contribution in [3.63, 3.8) is 0 Å². The molecule has 8 heterocycles. The van der Waals surface area contributed by atoms with Gasteiger partial charge in [0.2, 0.25) is 29.5 Å². The summed E-state index contributed by atoms with van der Waals surface area (Å²) < 4.78 is 169. The molecule has 12 aromatic rings. The first-order valence-electron chi connectivity index (χ1n) is 33.5. The molecule has 0 radical (unpaired) electrons. The van der Waals surface area contributed by atoms with Crippen LogP contribution in [0.5, 0.6) is 28.7 Å². The zero-order valence-electron chi connectivity index (χ0n) is 61.9. The molecule has 0 amide bonds. The number of aryl methyl sites for hydroxylation is 1. The molecule has 8 unspecified atom stereocenters. The van der Waals surface area contributed by atoms with Crippen LogP contribution in [0, 0.1) is 13.8 Å². The van der Waals surface area contributed by atoms with Gasteiger partial charge in [0.05, 0.1) is 155 Å². The van der Waals surface area contributed by atoms with Crippen LogP contribution in [0.15, 0.2) is 167 Å². The molecule has 644 valence electrons. The maximum Gasteiger partial charge on any atom is 0.335 e. The Hall–Kier alpha value is -7.88. The summed E-state index contributed by atoms with van der Waals surface area (Å²) in [4.78, 5) is 155. The largest absolute Gasteiger partial charge is 0.497 e. The molecule has 0 fully saturated rings. The minimum Gasteiger partial charge on any atom is -0.497 e. The highest BCUT2D eigenvalue weighted by Gasteiger charge is 2.34. The average molecular weight is 1880 g/mol. The number of rotatable bonds is 34. The van der Waals surface area contributed by atoms with Crippen molar-refractivity contribution in [1.29, 1.82) is 0 Å². The molecule has 0 aliphatic heterocycles. The molecular formula is C65H81N13O29P8S4. The van der Waals surface area contributed by atoms with Gasteiger partial charge in [0, 0.05) is 53.7 Å². The Balaban J connectivity index is 0.000000197. The van der Waals surface area contributed by atoms with Gasteiger partial charge < -0.3 is 108 Å². The molecule has 0 spiro atoms. The van der Waals surface area contributed by atoms with Crippen molar-refractivity contribution >= 4 is 153 Å². The lowest BCUT2D eigenvalue weighted by Gasteiger charge is -2.17. The quantitative estimate of drug-likeness (QED) is 0.0167. The highest BCUT2D eigenvalue weighted by molar-refractivity contribution is 7.85. The molecular weight excluding hydrogens is 1800 g/mol. The van der Waals surface area contributed by atoms with Crippen LogP contribution in [0.25, 0.3) is 44.1 Å². The van der Waals surface area contributed by atoms with Gasteiger partial charge in [-0.1, -0.05) is 31.7 Å². The number of nitrogens with zero attached hydrogens (tertiary/aromatic N) is 8. The maximum atomic E-state index is 12.9. The molecule has 12 rings (SSSR count). The summed E-state index contributed by atoms with van der Waals surface area (Å²) >= 11 is 0. The number of aromatic amines is 4. The Morgan fingerprint density at radius 3 is 1.24 bits per heavy atom. The summed E-state index contributed by atoms with van der Waals surface area (Å²) in [5.41, 5.74) is 9.12. The molecule has 8 aromatic heterocycles. The molecule has 0 saturated heterocycles. The Morgan fingerprint density at radius 1 is 0.395 bits per heavy atom. The van der Waals surface area contributed by atoms with E-state index in [4.69, 9.17) is 62.8 Å². The number of pyridine rings is 4. The second-order valence-corrected chi connectivity index (χ2v) is 48.8. The van der Waals surface area contributed by atoms with E-state index >= 15 is 0 Å². The van der Waals surface area contributed by atoms with Crippen LogP contribution >= 0.6 is 59.9 Å². The Labute approximate surface area is 686 Å². The Kier molecular flexibility index (Phi) is 33.5. The van der Waals surface area contributed by atoms with Crippen LogP contribution in [0.4, 0.5) is 5.69 Å². The fraction of sp³-hybridized carbons (Fsp3) is 0.262. The summed E-state index contributed by atoms with van der Waals surface area (Å²) in [6.07, 6.45) is 8.22. The van der Waals surface area contributed by atoms with Gasteiger partial charge in [0.15, 0.2) is 39.7 Å². The van der Waals surface area contributed by atoms with Crippen molar-refractivity contribution in [3.05, 3.63) is 180 Å². The minimum absolute atomic E-state index is 0. The number of anilines is 1. The average Bonchev–Trinajstić information content (AvgIpc) is 1.77. The third-order valence-corrected chi connectivity index (χ3v) is 35.5. The summed E-state index contributed by atoms with van der Waals surface area (Å²) in [5.74, 6) is -2.61. The van der Waals surface area contributed by atoms with E-state index in [1.165, 1.54) is 31.5 Å². The molecule has 42 nitrogen and oxygen atoms in total. The topological polar surface area (TPSA) is 672 Å². The van der Waals surface area contributed by atoms with Gasteiger partial charge in [-0.15, -0.1) is 0 Å². The number of aromatic nitrogens is 12. The number of hydrogen-bond acceptors (Lipinski definition) is 26. The fourth-order valence-electron chi connectivity index (χ4n) is 10.5. The first-order valence-corrected chi connectivity index (χ1v) is 54.1. The molecule has 0 saturated carbocycles. The van der Waals surface area contributed by atoms with Crippen molar-refractivity contribution < 1.29 is 136 Å². The number of hydrogen-bond donors (Lipinski definition) is 17. The normalized spacial score (nSPS) is 14.9. The Bertz CT molecular complexity index is 5860. The predicted octanol–water partition coefficient (Wildman–Crippen LogP) is 9.33. The van der Waals surface area contributed by atoms with E-state index < -0.39 is 152 Å². The van der Waals surface area contributed by atoms with E-state index in [1.807, 2.05) is 0 Å². The number of methoxy groups -OCH3 is 2. The van der Waals surface area contributed by atoms with E-state index in [0.29, 0.717) is 105 Å². The third-order valence-electron chi connectivity index (χ3n) is 15.5.